The Balaban J connectivity index is 1.51. The lowest BCUT2D eigenvalue weighted by Crippen LogP contribution is -2.48. The van der Waals surface area contributed by atoms with Crippen LogP contribution in [-0.4, -0.2) is 78.1 Å². The minimum atomic E-state index is -2.56. The molecule has 12 heteroatoms. The highest BCUT2D eigenvalue weighted by Crippen LogP contribution is 2.32. The second kappa shape index (κ2) is 11.6. The summed E-state index contributed by atoms with van der Waals surface area (Å²) in [5.41, 5.74) is 1.38. The van der Waals surface area contributed by atoms with Gasteiger partial charge in [-0.1, -0.05) is 0 Å². The van der Waals surface area contributed by atoms with Gasteiger partial charge in [-0.25, -0.2) is 27.5 Å². The first kappa shape index (κ1) is 26.4. The van der Waals surface area contributed by atoms with Gasteiger partial charge >= 0.3 is 0 Å². The number of hydrogen-bond donors (Lipinski definition) is 2. The number of aliphatic hydroxyl groups excluding tert-OH is 1. The summed E-state index contributed by atoms with van der Waals surface area (Å²) in [7, 11) is 1.52. The van der Waals surface area contributed by atoms with Gasteiger partial charge in [-0.05, 0) is 19.1 Å². The first-order valence-corrected chi connectivity index (χ1v) is 12.0. The first-order valence-electron chi connectivity index (χ1n) is 12.0. The molecule has 2 atom stereocenters. The number of fused-ring (bicyclic) bond motifs is 1. The van der Waals surface area contributed by atoms with E-state index in [1.807, 2.05) is 16.7 Å². The third kappa shape index (κ3) is 6.16. The maximum absolute atomic E-state index is 14.0. The zero-order valence-corrected chi connectivity index (χ0v) is 20.3. The van der Waals surface area contributed by atoms with Crippen molar-refractivity contribution >= 4 is 11.6 Å². The van der Waals surface area contributed by atoms with Crippen LogP contribution >= 0.6 is 0 Å². The Hall–Kier alpha value is -2.70. The van der Waals surface area contributed by atoms with Crippen LogP contribution in [-0.2, 0) is 17.7 Å². The Labute approximate surface area is 207 Å². The smallest absolute Gasteiger partial charge is 0.255 e. The molecule has 1 saturated heterocycles. The minimum Gasteiger partial charge on any atom is -0.487 e. The first-order chi connectivity index (χ1) is 17.2. The number of hydrogen-bond acceptors (Lipinski definition) is 8. The predicted molar refractivity (Wildman–Crippen MR) is 125 cm³/mol. The van der Waals surface area contributed by atoms with E-state index < -0.39 is 30.8 Å². The molecule has 0 radical (unpaired) electrons. The highest BCUT2D eigenvalue weighted by molar-refractivity contribution is 5.62. The molecule has 2 aliphatic heterocycles. The molecule has 198 valence electrons. The molecular weight excluding hydrogens is 482 g/mol. The number of piperidine rings is 1. The maximum atomic E-state index is 14.0. The van der Waals surface area contributed by atoms with Crippen LogP contribution in [0.1, 0.15) is 31.2 Å². The molecule has 1 aromatic heterocycles. The van der Waals surface area contributed by atoms with Crippen molar-refractivity contribution in [3.63, 3.8) is 0 Å². The molecule has 0 spiro atoms. The largest absolute Gasteiger partial charge is 0.487 e. The Morgan fingerprint density at radius 1 is 1.17 bits per heavy atom. The molecule has 36 heavy (non-hydrogen) atoms. The third-order valence-electron chi connectivity index (χ3n) is 6.47. The average Bonchev–Trinajstić information content (AvgIpc) is 2.84. The number of nitrogens with one attached hydrogen (secondary N) is 1. The molecule has 2 unspecified atom stereocenters. The quantitative estimate of drug-likeness (QED) is 0.495. The van der Waals surface area contributed by atoms with E-state index in [0.717, 1.165) is 12.1 Å². The van der Waals surface area contributed by atoms with Gasteiger partial charge in [0, 0.05) is 58.1 Å². The molecule has 4 rings (SSSR count). The van der Waals surface area contributed by atoms with Gasteiger partial charge < -0.3 is 24.8 Å². The average molecular weight is 514 g/mol. The summed E-state index contributed by atoms with van der Waals surface area (Å²) < 4.78 is 63.9. The molecule has 3 heterocycles. The van der Waals surface area contributed by atoms with E-state index in [0.29, 0.717) is 56.1 Å². The number of alkyl halides is 2. The lowest BCUT2D eigenvalue weighted by atomic mass is 10.0. The molecule has 2 aliphatic rings. The molecule has 0 amide bonds. The van der Waals surface area contributed by atoms with Crippen LogP contribution in [0.25, 0.3) is 0 Å². The van der Waals surface area contributed by atoms with Crippen LogP contribution in [0.4, 0.5) is 29.2 Å². The number of anilines is 2. The Morgan fingerprint density at radius 2 is 1.92 bits per heavy atom. The number of aromatic nitrogens is 2. The fourth-order valence-electron chi connectivity index (χ4n) is 4.60. The van der Waals surface area contributed by atoms with E-state index in [9.17, 15) is 22.7 Å². The number of rotatable bonds is 9. The normalized spacial score (nSPS) is 19.9. The van der Waals surface area contributed by atoms with Gasteiger partial charge in [0.1, 0.15) is 18.1 Å². The second-order valence-corrected chi connectivity index (χ2v) is 9.10. The van der Waals surface area contributed by atoms with Crippen LogP contribution in [0.5, 0.6) is 5.75 Å². The molecule has 2 aromatic rings. The molecule has 0 aliphatic carbocycles. The summed E-state index contributed by atoms with van der Waals surface area (Å²) >= 11 is 0. The number of nitrogens with zero attached hydrogens (tertiary/aromatic N) is 4. The van der Waals surface area contributed by atoms with Gasteiger partial charge in [-0.3, -0.25) is 4.90 Å². The van der Waals surface area contributed by atoms with E-state index in [2.05, 4.69) is 10.3 Å². The summed E-state index contributed by atoms with van der Waals surface area (Å²) in [4.78, 5) is 13.3. The van der Waals surface area contributed by atoms with Crippen molar-refractivity contribution in [1.82, 2.24) is 14.9 Å². The van der Waals surface area contributed by atoms with Crippen molar-refractivity contribution < 1.29 is 32.1 Å². The molecule has 8 nitrogen and oxygen atoms in total. The summed E-state index contributed by atoms with van der Waals surface area (Å²) in [6.45, 7) is 2.86. The summed E-state index contributed by atoms with van der Waals surface area (Å²) in [6, 6.07) is 3.15. The van der Waals surface area contributed by atoms with Crippen molar-refractivity contribution in [3.8, 4) is 5.75 Å². The van der Waals surface area contributed by atoms with Crippen LogP contribution in [0, 0.1) is 11.6 Å². The highest BCUT2D eigenvalue weighted by atomic mass is 19.3. The predicted octanol–water partition coefficient (Wildman–Crippen LogP) is 3.19. The number of aliphatic hydroxyl groups is 1. The third-order valence-corrected chi connectivity index (χ3v) is 6.47. The number of benzene rings is 1. The SMILES string of the molecule is COCC(O)N1Cc2nc(N3CCC(Oc4ccc(F)cc4F)CC3)c(NCC(F)F)nc2CC1C. The highest BCUT2D eigenvalue weighted by Gasteiger charge is 2.32. The zero-order chi connectivity index (χ0) is 25.8. The van der Waals surface area contributed by atoms with Crippen molar-refractivity contribution in [2.75, 3.05) is 43.6 Å². The van der Waals surface area contributed by atoms with Gasteiger partial charge in [0.15, 0.2) is 23.2 Å². The molecule has 2 N–H and O–H groups in total. The van der Waals surface area contributed by atoms with Crippen LogP contribution < -0.4 is 15.0 Å². The molecule has 1 aromatic carbocycles. The lowest BCUT2D eigenvalue weighted by molar-refractivity contribution is -0.0736. The van der Waals surface area contributed by atoms with Gasteiger partial charge in [0.2, 0.25) is 0 Å². The molecular formula is C24H31F4N5O3. The summed E-state index contributed by atoms with van der Waals surface area (Å²) in [5.74, 6) is -0.697. The molecule has 1 fully saturated rings. The van der Waals surface area contributed by atoms with E-state index in [-0.39, 0.29) is 30.3 Å². The van der Waals surface area contributed by atoms with Gasteiger partial charge in [-0.15, -0.1) is 0 Å². The summed E-state index contributed by atoms with van der Waals surface area (Å²) in [5, 5.41) is 13.2. The Bertz CT molecular complexity index is 1040. The van der Waals surface area contributed by atoms with Crippen LogP contribution in [0.3, 0.4) is 0 Å². The summed E-state index contributed by atoms with van der Waals surface area (Å²) in [6.07, 6.45) is -2.09. The zero-order valence-electron chi connectivity index (χ0n) is 20.3. The lowest BCUT2D eigenvalue weighted by Gasteiger charge is -2.38. The van der Waals surface area contributed by atoms with Gasteiger partial charge in [-0.2, -0.15) is 0 Å². The van der Waals surface area contributed by atoms with E-state index >= 15 is 0 Å². The minimum absolute atomic E-state index is 0.00783. The topological polar surface area (TPSA) is 83.0 Å². The number of halogens is 4. The Morgan fingerprint density at radius 3 is 2.58 bits per heavy atom. The molecule has 0 bridgehead atoms. The van der Waals surface area contributed by atoms with Crippen molar-refractivity contribution in [1.29, 1.82) is 0 Å². The van der Waals surface area contributed by atoms with Crippen LogP contribution in [0.2, 0.25) is 0 Å². The van der Waals surface area contributed by atoms with Gasteiger partial charge in [0.25, 0.3) is 6.43 Å². The molecule has 0 saturated carbocycles. The fourth-order valence-corrected chi connectivity index (χ4v) is 4.60. The Kier molecular flexibility index (Phi) is 8.47. The van der Waals surface area contributed by atoms with E-state index in [4.69, 9.17) is 14.5 Å². The van der Waals surface area contributed by atoms with Gasteiger partial charge in [0.05, 0.1) is 24.5 Å². The number of methoxy groups -OCH3 is 1. The fraction of sp³-hybridized carbons (Fsp3) is 0.583. The maximum Gasteiger partial charge on any atom is 0.255 e. The number of ether oxygens (including phenoxy) is 2. The monoisotopic (exact) mass is 513 g/mol. The van der Waals surface area contributed by atoms with Crippen LogP contribution in [0.15, 0.2) is 18.2 Å². The van der Waals surface area contributed by atoms with Crippen molar-refractivity contribution in [2.45, 2.75) is 57.5 Å². The van der Waals surface area contributed by atoms with E-state index in [1.165, 1.54) is 13.2 Å². The van der Waals surface area contributed by atoms with E-state index in [1.54, 1.807) is 0 Å². The second-order valence-electron chi connectivity index (χ2n) is 9.10. The van der Waals surface area contributed by atoms with Crippen molar-refractivity contribution in [3.05, 3.63) is 41.2 Å². The standard InChI is InChI=1S/C24H31F4N5O3/c1-14-9-18-19(12-33(14)22(34)13-35-2)31-24(23(30-18)29-11-21(27)28)32-7-5-16(6-8-32)36-20-4-3-15(25)10-17(20)26/h3-4,10,14,16,21-22,34H,5-9,11-13H2,1-2H3,(H,29,30). The van der Waals surface area contributed by atoms with Crippen molar-refractivity contribution in [2.24, 2.45) is 0 Å².